The molecule has 1 heterocycles. The van der Waals surface area contributed by atoms with Crippen LogP contribution < -0.4 is 5.73 Å². The van der Waals surface area contributed by atoms with Crippen molar-refractivity contribution in [2.24, 2.45) is 5.73 Å². The minimum atomic E-state index is -0.750. The molecule has 0 radical (unpaired) electrons. The molecule has 0 saturated carbocycles. The molecule has 2 rings (SSSR count). The molecule has 17 heavy (non-hydrogen) atoms. The lowest BCUT2D eigenvalue weighted by molar-refractivity contribution is 0.0996. The molecule has 0 aliphatic rings. The molecule has 2 aromatic rings. The predicted molar refractivity (Wildman–Crippen MR) is 56.2 cm³/mol. The topological polar surface area (TPSA) is 105 Å². The molecule has 1 amide bonds. The standard InChI is InChI=1S/C10H9FN4O2/c11-7-3-5(1-2-6(7)4-16)8-9(10(12)17)14-15-13-8/h1-3,16H,4H2,(H2,12,17)(H,13,14,15). The fraction of sp³-hybridized carbons (Fsp3) is 0.100. The minimum Gasteiger partial charge on any atom is -0.392 e. The van der Waals surface area contributed by atoms with Crippen LogP contribution in [0.15, 0.2) is 18.2 Å². The average molecular weight is 236 g/mol. The Labute approximate surface area is 95.3 Å². The first-order valence-corrected chi connectivity index (χ1v) is 4.73. The van der Waals surface area contributed by atoms with Gasteiger partial charge in [0.25, 0.3) is 5.91 Å². The zero-order valence-corrected chi connectivity index (χ0v) is 8.64. The largest absolute Gasteiger partial charge is 0.392 e. The van der Waals surface area contributed by atoms with E-state index in [0.29, 0.717) is 5.56 Å². The maximum absolute atomic E-state index is 13.4. The van der Waals surface area contributed by atoms with Crippen molar-refractivity contribution in [3.63, 3.8) is 0 Å². The summed E-state index contributed by atoms with van der Waals surface area (Å²) >= 11 is 0. The number of primary amides is 1. The monoisotopic (exact) mass is 236 g/mol. The normalized spacial score (nSPS) is 10.5. The van der Waals surface area contributed by atoms with Gasteiger partial charge >= 0.3 is 0 Å². The van der Waals surface area contributed by atoms with Gasteiger partial charge in [0, 0.05) is 11.1 Å². The van der Waals surface area contributed by atoms with Gasteiger partial charge in [-0.05, 0) is 6.07 Å². The third-order valence-electron chi connectivity index (χ3n) is 2.28. The molecule has 0 fully saturated rings. The van der Waals surface area contributed by atoms with E-state index in [0.717, 1.165) is 6.07 Å². The second-order valence-electron chi connectivity index (χ2n) is 3.35. The Hall–Kier alpha value is -2.28. The van der Waals surface area contributed by atoms with Crippen LogP contribution in [-0.2, 0) is 6.61 Å². The number of aromatic amines is 1. The molecule has 0 aliphatic heterocycles. The number of nitrogens with zero attached hydrogens (tertiary/aromatic N) is 2. The summed E-state index contributed by atoms with van der Waals surface area (Å²) in [6.45, 7) is -0.395. The van der Waals surface area contributed by atoms with Crippen molar-refractivity contribution >= 4 is 5.91 Å². The summed E-state index contributed by atoms with van der Waals surface area (Å²) < 4.78 is 13.4. The second kappa shape index (κ2) is 4.30. The van der Waals surface area contributed by atoms with Gasteiger partial charge in [-0.25, -0.2) is 4.39 Å². The Kier molecular flexibility index (Phi) is 2.84. The molecule has 0 aliphatic carbocycles. The summed E-state index contributed by atoms with van der Waals surface area (Å²) in [5, 5.41) is 18.4. The van der Waals surface area contributed by atoms with Gasteiger partial charge in [-0.3, -0.25) is 4.79 Å². The molecule has 1 aromatic heterocycles. The summed E-state index contributed by atoms with van der Waals surface area (Å²) in [5.74, 6) is -1.33. The maximum atomic E-state index is 13.4. The lowest BCUT2D eigenvalue weighted by Gasteiger charge is -2.02. The molecule has 88 valence electrons. The average Bonchev–Trinajstić information content (AvgIpc) is 2.77. The number of halogens is 1. The summed E-state index contributed by atoms with van der Waals surface area (Å²) in [5.41, 5.74) is 5.75. The van der Waals surface area contributed by atoms with Crippen molar-refractivity contribution in [2.45, 2.75) is 6.61 Å². The highest BCUT2D eigenvalue weighted by atomic mass is 19.1. The first-order valence-electron chi connectivity index (χ1n) is 4.73. The number of aliphatic hydroxyl groups is 1. The number of rotatable bonds is 3. The van der Waals surface area contributed by atoms with Crippen molar-refractivity contribution in [3.05, 3.63) is 35.3 Å². The van der Waals surface area contributed by atoms with E-state index in [1.54, 1.807) is 0 Å². The summed E-state index contributed by atoms with van der Waals surface area (Å²) in [6, 6.07) is 4.10. The fourth-order valence-electron chi connectivity index (χ4n) is 1.43. The van der Waals surface area contributed by atoms with Crippen molar-refractivity contribution in [1.29, 1.82) is 0 Å². The molecule has 6 nitrogen and oxygen atoms in total. The number of aliphatic hydroxyl groups excluding tert-OH is 1. The quantitative estimate of drug-likeness (QED) is 0.707. The zero-order valence-electron chi connectivity index (χ0n) is 8.64. The Morgan fingerprint density at radius 3 is 2.82 bits per heavy atom. The highest BCUT2D eigenvalue weighted by Gasteiger charge is 2.16. The number of nitrogens with two attached hydrogens (primary N) is 1. The van der Waals surface area contributed by atoms with Gasteiger partial charge < -0.3 is 10.8 Å². The lowest BCUT2D eigenvalue weighted by Crippen LogP contribution is -2.12. The van der Waals surface area contributed by atoms with Crippen LogP contribution in [0, 0.1) is 5.82 Å². The van der Waals surface area contributed by atoms with Crippen LogP contribution in [0.2, 0.25) is 0 Å². The highest BCUT2D eigenvalue weighted by Crippen LogP contribution is 2.22. The third-order valence-corrected chi connectivity index (χ3v) is 2.28. The van der Waals surface area contributed by atoms with E-state index in [2.05, 4.69) is 15.4 Å². The third kappa shape index (κ3) is 2.00. The lowest BCUT2D eigenvalue weighted by atomic mass is 10.1. The zero-order chi connectivity index (χ0) is 12.4. The van der Waals surface area contributed by atoms with Crippen LogP contribution in [0.5, 0.6) is 0 Å². The SMILES string of the molecule is NC(=O)c1n[nH]nc1-c1ccc(CO)c(F)c1. The number of aromatic nitrogens is 3. The molecular weight excluding hydrogens is 227 g/mol. The first-order chi connectivity index (χ1) is 8.13. The maximum Gasteiger partial charge on any atom is 0.271 e. The Morgan fingerprint density at radius 1 is 1.47 bits per heavy atom. The van der Waals surface area contributed by atoms with Crippen LogP contribution in [0.1, 0.15) is 16.1 Å². The van der Waals surface area contributed by atoms with Crippen LogP contribution in [-0.4, -0.2) is 26.4 Å². The second-order valence-corrected chi connectivity index (χ2v) is 3.35. The van der Waals surface area contributed by atoms with Crippen molar-refractivity contribution in [3.8, 4) is 11.3 Å². The van der Waals surface area contributed by atoms with Crippen LogP contribution in [0.4, 0.5) is 4.39 Å². The first kappa shape index (κ1) is 11.2. The summed E-state index contributed by atoms with van der Waals surface area (Å²) in [6.07, 6.45) is 0. The number of hydrogen-bond donors (Lipinski definition) is 3. The molecule has 0 saturated heterocycles. The molecule has 7 heteroatoms. The minimum absolute atomic E-state index is 0.0545. The van der Waals surface area contributed by atoms with Crippen molar-refractivity contribution in [1.82, 2.24) is 15.4 Å². The van der Waals surface area contributed by atoms with Crippen molar-refractivity contribution < 1.29 is 14.3 Å². The number of H-pyrrole nitrogens is 1. The number of hydrogen-bond acceptors (Lipinski definition) is 4. The van der Waals surface area contributed by atoms with Crippen LogP contribution >= 0.6 is 0 Å². The number of nitrogens with one attached hydrogen (secondary N) is 1. The summed E-state index contributed by atoms with van der Waals surface area (Å²) in [7, 11) is 0. The smallest absolute Gasteiger partial charge is 0.271 e. The van der Waals surface area contributed by atoms with Gasteiger partial charge in [0.2, 0.25) is 0 Å². The van der Waals surface area contributed by atoms with Gasteiger partial charge in [0.15, 0.2) is 5.69 Å². The van der Waals surface area contributed by atoms with Gasteiger partial charge in [0.05, 0.1) is 6.61 Å². The van der Waals surface area contributed by atoms with Gasteiger partial charge in [0.1, 0.15) is 11.5 Å². The number of carbonyl (C=O) groups excluding carboxylic acids is 1. The number of carbonyl (C=O) groups is 1. The van der Waals surface area contributed by atoms with Crippen molar-refractivity contribution in [2.75, 3.05) is 0 Å². The molecular formula is C10H9FN4O2. The molecule has 1 aromatic carbocycles. The number of amides is 1. The van der Waals surface area contributed by atoms with Gasteiger partial charge in [-0.2, -0.15) is 15.4 Å². The van der Waals surface area contributed by atoms with E-state index >= 15 is 0 Å². The van der Waals surface area contributed by atoms with E-state index < -0.39 is 18.3 Å². The van der Waals surface area contributed by atoms with E-state index in [4.69, 9.17) is 10.8 Å². The Bertz CT molecular complexity index is 567. The van der Waals surface area contributed by atoms with E-state index in [1.807, 2.05) is 0 Å². The molecule has 4 N–H and O–H groups in total. The highest BCUT2D eigenvalue weighted by molar-refractivity contribution is 5.96. The molecule has 0 bridgehead atoms. The summed E-state index contributed by atoms with van der Waals surface area (Å²) in [4.78, 5) is 11.0. The van der Waals surface area contributed by atoms with E-state index in [9.17, 15) is 9.18 Å². The molecule has 0 unspecified atom stereocenters. The van der Waals surface area contributed by atoms with Gasteiger partial charge in [-0.15, -0.1) is 0 Å². The van der Waals surface area contributed by atoms with Gasteiger partial charge in [-0.1, -0.05) is 12.1 Å². The predicted octanol–water partition coefficient (Wildman–Crippen LogP) is 0.202. The molecule has 0 spiro atoms. The van der Waals surface area contributed by atoms with Crippen LogP contribution in [0.3, 0.4) is 0 Å². The van der Waals surface area contributed by atoms with E-state index in [1.165, 1.54) is 12.1 Å². The number of benzene rings is 1. The Balaban J connectivity index is 2.50. The van der Waals surface area contributed by atoms with Crippen LogP contribution in [0.25, 0.3) is 11.3 Å². The fourth-order valence-corrected chi connectivity index (χ4v) is 1.43. The molecule has 0 atom stereocenters. The Morgan fingerprint density at radius 2 is 2.24 bits per heavy atom. The van der Waals surface area contributed by atoms with E-state index in [-0.39, 0.29) is 17.0 Å².